The van der Waals surface area contributed by atoms with Crippen LogP contribution in [0.4, 0.5) is 10.2 Å². The first-order valence-corrected chi connectivity index (χ1v) is 10.2. The van der Waals surface area contributed by atoms with Gasteiger partial charge in [-0.3, -0.25) is 4.99 Å². The van der Waals surface area contributed by atoms with Crippen molar-refractivity contribution >= 4 is 34.7 Å². The van der Waals surface area contributed by atoms with Gasteiger partial charge in [0.05, 0.1) is 6.20 Å². The number of aryl methyl sites for hydroxylation is 1. The van der Waals surface area contributed by atoms with Crippen LogP contribution in [0.1, 0.15) is 30.4 Å². The average molecular weight is 415 g/mol. The van der Waals surface area contributed by atoms with E-state index in [0.717, 1.165) is 25.5 Å². The molecule has 31 heavy (non-hydrogen) atoms. The van der Waals surface area contributed by atoms with E-state index in [2.05, 4.69) is 61.3 Å². The van der Waals surface area contributed by atoms with Crippen LogP contribution in [0.5, 0.6) is 0 Å². The first kappa shape index (κ1) is 19.2. The number of hydrogen-bond donors (Lipinski definition) is 2. The third-order valence-corrected chi connectivity index (χ3v) is 5.61. The highest BCUT2D eigenvalue weighted by Crippen LogP contribution is 2.30. The summed E-state index contributed by atoms with van der Waals surface area (Å²) in [5.74, 6) is 0.557. The molecule has 7 nitrogen and oxygen atoms in total. The number of allylic oxidation sites excluding steroid dienone is 3. The lowest BCUT2D eigenvalue weighted by Crippen LogP contribution is -2.28. The summed E-state index contributed by atoms with van der Waals surface area (Å²) in [6, 6.07) is 8.61. The predicted octanol–water partition coefficient (Wildman–Crippen LogP) is 4.49. The van der Waals surface area contributed by atoms with E-state index in [-0.39, 0.29) is 6.04 Å². The number of hydrogen-bond acceptors (Lipinski definition) is 5. The van der Waals surface area contributed by atoms with E-state index in [9.17, 15) is 4.39 Å². The average Bonchev–Trinajstić information content (AvgIpc) is 3.38. The maximum Gasteiger partial charge on any atom is 0.196 e. The molecule has 2 N–H and O–H groups in total. The molecule has 0 fully saturated rings. The van der Waals surface area contributed by atoms with Gasteiger partial charge >= 0.3 is 0 Å². The van der Waals surface area contributed by atoms with Gasteiger partial charge in [0.1, 0.15) is 5.83 Å². The number of benzene rings is 1. The number of aromatic nitrogens is 5. The fourth-order valence-electron chi connectivity index (χ4n) is 4.17. The lowest BCUT2D eigenvalue weighted by atomic mass is 9.91. The first-order valence-electron chi connectivity index (χ1n) is 10.2. The Labute approximate surface area is 178 Å². The zero-order valence-electron chi connectivity index (χ0n) is 17.1. The Hall–Kier alpha value is -3.81. The SMILES string of the molecule is C=N/C=C(F)\C=C(/C)c1nc(N[C@@H]2CCc3[nH]c4ccccc4c3C2)c2nccn2n1. The van der Waals surface area contributed by atoms with Gasteiger partial charge in [0.25, 0.3) is 0 Å². The molecule has 1 aliphatic rings. The molecule has 4 aromatic rings. The topological polar surface area (TPSA) is 83.3 Å². The number of nitrogens with one attached hydrogen (secondary N) is 2. The highest BCUT2D eigenvalue weighted by molar-refractivity contribution is 5.85. The molecule has 1 aliphatic carbocycles. The maximum absolute atomic E-state index is 13.9. The van der Waals surface area contributed by atoms with Crippen molar-refractivity contribution in [3.8, 4) is 0 Å². The zero-order valence-corrected chi connectivity index (χ0v) is 17.1. The number of imidazole rings is 1. The minimum atomic E-state index is -0.504. The summed E-state index contributed by atoms with van der Waals surface area (Å²) >= 11 is 0. The molecule has 8 heteroatoms. The van der Waals surface area contributed by atoms with Crippen molar-refractivity contribution in [2.45, 2.75) is 32.2 Å². The van der Waals surface area contributed by atoms with E-state index in [1.807, 2.05) is 0 Å². The van der Waals surface area contributed by atoms with Crippen molar-refractivity contribution in [3.05, 3.63) is 71.8 Å². The molecule has 0 bridgehead atoms. The Morgan fingerprint density at radius 1 is 1.39 bits per heavy atom. The van der Waals surface area contributed by atoms with Gasteiger partial charge < -0.3 is 10.3 Å². The van der Waals surface area contributed by atoms with Crippen molar-refractivity contribution < 1.29 is 4.39 Å². The number of fused-ring (bicyclic) bond motifs is 4. The minimum absolute atomic E-state index is 0.209. The Morgan fingerprint density at radius 2 is 2.26 bits per heavy atom. The molecule has 0 saturated carbocycles. The molecule has 3 heterocycles. The number of halogens is 1. The monoisotopic (exact) mass is 415 g/mol. The largest absolute Gasteiger partial charge is 0.364 e. The maximum atomic E-state index is 13.9. The van der Waals surface area contributed by atoms with Crippen molar-refractivity contribution in [1.82, 2.24) is 24.6 Å². The van der Waals surface area contributed by atoms with Crippen LogP contribution < -0.4 is 5.32 Å². The second kappa shape index (κ2) is 7.79. The molecular formula is C23H22FN7. The molecule has 0 radical (unpaired) electrons. The number of aliphatic imine (C=N–C) groups is 1. The molecule has 0 amide bonds. The van der Waals surface area contributed by atoms with Gasteiger partial charge in [0.2, 0.25) is 0 Å². The smallest absolute Gasteiger partial charge is 0.196 e. The van der Waals surface area contributed by atoms with Crippen LogP contribution in [0, 0.1) is 0 Å². The third kappa shape index (κ3) is 3.61. The fraction of sp³-hybridized carbons (Fsp3) is 0.217. The summed E-state index contributed by atoms with van der Waals surface area (Å²) in [5.41, 5.74) is 5.07. The van der Waals surface area contributed by atoms with Crippen molar-refractivity contribution in [2.24, 2.45) is 4.99 Å². The van der Waals surface area contributed by atoms with Crippen LogP contribution in [0.15, 0.2) is 59.8 Å². The van der Waals surface area contributed by atoms with Gasteiger partial charge in [-0.2, -0.15) is 0 Å². The van der Waals surface area contributed by atoms with E-state index in [0.29, 0.717) is 22.9 Å². The summed E-state index contributed by atoms with van der Waals surface area (Å²) in [7, 11) is 0. The number of rotatable bonds is 5. The van der Waals surface area contributed by atoms with Crippen molar-refractivity contribution in [2.75, 3.05) is 5.32 Å². The lowest BCUT2D eigenvalue weighted by Gasteiger charge is -2.24. The van der Waals surface area contributed by atoms with E-state index in [4.69, 9.17) is 0 Å². The summed E-state index contributed by atoms with van der Waals surface area (Å²) in [6.07, 6.45) is 8.67. The summed E-state index contributed by atoms with van der Waals surface area (Å²) < 4.78 is 15.5. The number of nitrogens with zero attached hydrogens (tertiary/aromatic N) is 5. The van der Waals surface area contributed by atoms with E-state index in [1.54, 1.807) is 23.8 Å². The molecule has 156 valence electrons. The zero-order chi connectivity index (χ0) is 21.4. The third-order valence-electron chi connectivity index (χ3n) is 5.61. The Balaban J connectivity index is 1.47. The second-order valence-corrected chi connectivity index (χ2v) is 7.72. The van der Waals surface area contributed by atoms with Crippen LogP contribution in [0.25, 0.3) is 22.1 Å². The molecule has 1 aromatic carbocycles. The summed E-state index contributed by atoms with van der Waals surface area (Å²) in [5, 5.41) is 9.30. The quantitative estimate of drug-likeness (QED) is 0.372. The van der Waals surface area contributed by atoms with Crippen LogP contribution in [0.3, 0.4) is 0 Å². The van der Waals surface area contributed by atoms with Gasteiger partial charge in [-0.05, 0) is 56.2 Å². The van der Waals surface area contributed by atoms with Gasteiger partial charge in [0, 0.05) is 35.0 Å². The van der Waals surface area contributed by atoms with Crippen LogP contribution in [-0.2, 0) is 12.8 Å². The number of anilines is 1. The number of aromatic amines is 1. The first-order chi connectivity index (χ1) is 15.1. The van der Waals surface area contributed by atoms with Crippen LogP contribution >= 0.6 is 0 Å². The van der Waals surface area contributed by atoms with Gasteiger partial charge in [-0.1, -0.05) is 18.2 Å². The van der Waals surface area contributed by atoms with Crippen LogP contribution in [-0.4, -0.2) is 37.3 Å². The Morgan fingerprint density at radius 3 is 3.13 bits per heavy atom. The molecular weight excluding hydrogens is 393 g/mol. The van der Waals surface area contributed by atoms with Crippen molar-refractivity contribution in [3.63, 3.8) is 0 Å². The fourth-order valence-corrected chi connectivity index (χ4v) is 4.17. The summed E-state index contributed by atoms with van der Waals surface area (Å²) in [6.45, 7) is 5.03. The molecule has 1 atom stereocenters. The van der Waals surface area contributed by atoms with E-state index >= 15 is 0 Å². The molecule has 5 rings (SSSR count). The minimum Gasteiger partial charge on any atom is -0.364 e. The second-order valence-electron chi connectivity index (χ2n) is 7.72. The molecule has 0 saturated heterocycles. The number of H-pyrrole nitrogens is 1. The number of para-hydroxylation sites is 1. The highest BCUT2D eigenvalue weighted by Gasteiger charge is 2.24. The highest BCUT2D eigenvalue weighted by atomic mass is 19.1. The molecule has 0 spiro atoms. The predicted molar refractivity (Wildman–Crippen MR) is 121 cm³/mol. The van der Waals surface area contributed by atoms with Crippen molar-refractivity contribution in [1.29, 1.82) is 0 Å². The Bertz CT molecular complexity index is 1340. The summed E-state index contributed by atoms with van der Waals surface area (Å²) in [4.78, 5) is 16.1. The Kier molecular flexibility index (Phi) is 4.82. The molecule has 0 aliphatic heterocycles. The van der Waals surface area contributed by atoms with Gasteiger partial charge in [-0.15, -0.1) is 5.10 Å². The van der Waals surface area contributed by atoms with E-state index < -0.39 is 5.83 Å². The normalized spacial score (nSPS) is 17.2. The standard InChI is InChI=1S/C23H22FN7/c1-14(11-15(24)13-25-2)21-29-22(23-26-9-10-31(23)30-21)27-16-7-8-20-18(12-16)17-5-3-4-6-19(17)28-20/h3-6,9-11,13,16,28H,2,7-8,12H2,1H3,(H,27,29,30)/b14-11+,15-13+/t16-/m1/s1. The van der Waals surface area contributed by atoms with Crippen LogP contribution in [0.2, 0.25) is 0 Å². The molecule has 3 aromatic heterocycles. The van der Waals surface area contributed by atoms with Gasteiger partial charge in [-0.25, -0.2) is 18.9 Å². The van der Waals surface area contributed by atoms with Gasteiger partial charge in [0.15, 0.2) is 17.3 Å². The molecule has 0 unspecified atom stereocenters. The lowest BCUT2D eigenvalue weighted by molar-refractivity contribution is 0.605. The van der Waals surface area contributed by atoms with E-state index in [1.165, 1.54) is 28.2 Å².